The summed E-state index contributed by atoms with van der Waals surface area (Å²) >= 11 is 6.37. The zero-order valence-corrected chi connectivity index (χ0v) is 15.5. The van der Waals surface area contributed by atoms with E-state index in [0.717, 1.165) is 25.9 Å². The highest BCUT2D eigenvalue weighted by Crippen LogP contribution is 2.24. The van der Waals surface area contributed by atoms with E-state index in [9.17, 15) is 9.59 Å². The Bertz CT molecular complexity index is 696. The predicted molar refractivity (Wildman–Crippen MR) is 98.8 cm³/mol. The van der Waals surface area contributed by atoms with E-state index in [1.165, 1.54) is 22.7 Å². The standard InChI is InChI=1S/C15H19N5O3S2/c1-2-23-13(22)12(18-19-6-4-3-5-7-19)10-9-25-15(17-10)20-11(21)8-16-14(20)24/h9H,2-8H2,1H3,(H,16,24)/b18-12-. The van der Waals surface area contributed by atoms with Gasteiger partial charge < -0.3 is 10.1 Å². The summed E-state index contributed by atoms with van der Waals surface area (Å²) in [5, 5.41) is 11.6. The second-order valence-corrected chi connectivity index (χ2v) is 6.81. The molecule has 3 rings (SSSR count). The maximum absolute atomic E-state index is 12.3. The second kappa shape index (κ2) is 7.87. The zero-order chi connectivity index (χ0) is 17.8. The number of piperidine rings is 1. The molecule has 0 bridgehead atoms. The van der Waals surface area contributed by atoms with Gasteiger partial charge in [-0.1, -0.05) is 0 Å². The van der Waals surface area contributed by atoms with Gasteiger partial charge in [-0.05, 0) is 38.4 Å². The van der Waals surface area contributed by atoms with Crippen LogP contribution < -0.4 is 10.2 Å². The third-order valence-corrected chi connectivity index (χ3v) is 4.96. The van der Waals surface area contributed by atoms with Gasteiger partial charge in [-0.25, -0.2) is 14.7 Å². The van der Waals surface area contributed by atoms with Crippen molar-refractivity contribution in [2.24, 2.45) is 5.10 Å². The van der Waals surface area contributed by atoms with Crippen LogP contribution in [0.4, 0.5) is 5.13 Å². The van der Waals surface area contributed by atoms with Gasteiger partial charge in [0.05, 0.1) is 13.2 Å². The van der Waals surface area contributed by atoms with Gasteiger partial charge in [0.25, 0.3) is 5.91 Å². The molecule has 134 valence electrons. The number of hydrazone groups is 1. The smallest absolute Gasteiger partial charge is 0.361 e. The molecule has 0 aromatic carbocycles. The SMILES string of the molecule is CCOC(=O)/C(=N\N1CCCCC1)c1csc(N2C(=O)CNC2=S)n1. The first-order valence-electron chi connectivity index (χ1n) is 8.17. The van der Waals surface area contributed by atoms with Gasteiger partial charge in [-0.3, -0.25) is 9.80 Å². The van der Waals surface area contributed by atoms with Crippen LogP contribution in [0.25, 0.3) is 0 Å². The lowest BCUT2D eigenvalue weighted by molar-refractivity contribution is -0.135. The van der Waals surface area contributed by atoms with Gasteiger partial charge >= 0.3 is 5.97 Å². The summed E-state index contributed by atoms with van der Waals surface area (Å²) in [4.78, 5) is 30.0. The molecule has 0 aliphatic carbocycles. The van der Waals surface area contributed by atoms with Crippen LogP contribution in [-0.2, 0) is 14.3 Å². The summed E-state index contributed by atoms with van der Waals surface area (Å²) in [6, 6.07) is 0. The third-order valence-electron chi connectivity index (χ3n) is 3.81. The number of ether oxygens (including phenoxy) is 1. The summed E-state index contributed by atoms with van der Waals surface area (Å²) < 4.78 is 5.13. The normalized spacial score (nSPS) is 18.5. The molecule has 3 heterocycles. The number of aromatic nitrogens is 1. The number of thiazole rings is 1. The van der Waals surface area contributed by atoms with Crippen molar-refractivity contribution in [2.45, 2.75) is 26.2 Å². The fourth-order valence-corrected chi connectivity index (χ4v) is 3.76. The molecular formula is C15H19N5O3S2. The van der Waals surface area contributed by atoms with E-state index < -0.39 is 5.97 Å². The van der Waals surface area contributed by atoms with Crippen LogP contribution in [0.15, 0.2) is 10.5 Å². The summed E-state index contributed by atoms with van der Waals surface area (Å²) in [5.41, 5.74) is 0.559. The van der Waals surface area contributed by atoms with E-state index in [4.69, 9.17) is 17.0 Å². The van der Waals surface area contributed by atoms with E-state index in [0.29, 0.717) is 15.9 Å². The molecule has 0 spiro atoms. The van der Waals surface area contributed by atoms with Crippen molar-refractivity contribution in [2.75, 3.05) is 31.1 Å². The van der Waals surface area contributed by atoms with E-state index in [2.05, 4.69) is 15.4 Å². The average Bonchev–Trinajstić information content (AvgIpc) is 3.20. The summed E-state index contributed by atoms with van der Waals surface area (Å²) in [6.45, 7) is 3.76. The third kappa shape index (κ3) is 3.96. The Balaban J connectivity index is 1.88. The first kappa shape index (κ1) is 17.7. The Morgan fingerprint density at radius 3 is 2.84 bits per heavy atom. The van der Waals surface area contributed by atoms with Gasteiger partial charge in [-0.15, -0.1) is 11.3 Å². The number of hydrogen-bond acceptors (Lipinski definition) is 8. The number of carbonyl (C=O) groups is 2. The van der Waals surface area contributed by atoms with Gasteiger partial charge in [0.1, 0.15) is 5.69 Å². The number of hydrogen-bond donors (Lipinski definition) is 1. The lowest BCUT2D eigenvalue weighted by atomic mass is 10.2. The molecule has 1 aromatic heterocycles. The lowest BCUT2D eigenvalue weighted by Gasteiger charge is -2.24. The molecule has 0 atom stereocenters. The molecule has 2 aliphatic rings. The van der Waals surface area contributed by atoms with E-state index in [1.54, 1.807) is 12.3 Å². The molecule has 0 unspecified atom stereocenters. The van der Waals surface area contributed by atoms with Gasteiger partial charge in [-0.2, -0.15) is 5.10 Å². The molecule has 1 amide bonds. The highest BCUT2D eigenvalue weighted by molar-refractivity contribution is 7.80. The monoisotopic (exact) mass is 381 g/mol. The minimum atomic E-state index is -0.515. The van der Waals surface area contributed by atoms with Crippen molar-refractivity contribution in [3.05, 3.63) is 11.1 Å². The first-order valence-corrected chi connectivity index (χ1v) is 9.46. The van der Waals surface area contributed by atoms with Crippen LogP contribution in [-0.4, -0.2) is 58.9 Å². The van der Waals surface area contributed by atoms with Crippen LogP contribution in [0.2, 0.25) is 0 Å². The lowest BCUT2D eigenvalue weighted by Crippen LogP contribution is -2.31. The van der Waals surface area contributed by atoms with E-state index in [-0.39, 0.29) is 24.8 Å². The molecule has 1 aromatic rings. The highest BCUT2D eigenvalue weighted by Gasteiger charge is 2.30. The molecule has 2 aliphatic heterocycles. The van der Waals surface area contributed by atoms with E-state index in [1.807, 2.05) is 5.01 Å². The van der Waals surface area contributed by atoms with Gasteiger partial charge in [0.2, 0.25) is 0 Å². The summed E-state index contributed by atoms with van der Waals surface area (Å²) in [6.07, 6.45) is 3.26. The number of thiocarbonyl (C=S) groups is 1. The molecule has 8 nitrogen and oxygen atoms in total. The van der Waals surface area contributed by atoms with E-state index >= 15 is 0 Å². The number of amides is 1. The van der Waals surface area contributed by atoms with Crippen molar-refractivity contribution in [1.29, 1.82) is 0 Å². The molecule has 0 saturated carbocycles. The molecule has 2 saturated heterocycles. The van der Waals surface area contributed by atoms with Crippen LogP contribution in [0, 0.1) is 0 Å². The van der Waals surface area contributed by atoms with Crippen molar-refractivity contribution < 1.29 is 14.3 Å². The maximum atomic E-state index is 12.3. The molecule has 0 radical (unpaired) electrons. The van der Waals surface area contributed by atoms with Crippen molar-refractivity contribution in [1.82, 2.24) is 15.3 Å². The molecule has 1 N–H and O–H groups in total. The Labute approximate surface area is 154 Å². The Hall–Kier alpha value is -2.07. The zero-order valence-electron chi connectivity index (χ0n) is 13.9. The quantitative estimate of drug-likeness (QED) is 0.464. The van der Waals surface area contributed by atoms with Gasteiger partial charge in [0, 0.05) is 18.5 Å². The fraction of sp³-hybridized carbons (Fsp3) is 0.533. The van der Waals surface area contributed by atoms with Crippen molar-refractivity contribution in [3.8, 4) is 0 Å². The number of anilines is 1. The molecule has 25 heavy (non-hydrogen) atoms. The topological polar surface area (TPSA) is 87.1 Å². The Morgan fingerprint density at radius 2 is 2.20 bits per heavy atom. The second-order valence-electron chi connectivity index (χ2n) is 5.59. The number of rotatable bonds is 5. The van der Waals surface area contributed by atoms with Crippen LogP contribution >= 0.6 is 23.6 Å². The number of esters is 1. The largest absolute Gasteiger partial charge is 0.461 e. The maximum Gasteiger partial charge on any atom is 0.361 e. The minimum absolute atomic E-state index is 0.153. The Kier molecular flexibility index (Phi) is 5.59. The summed E-state index contributed by atoms with van der Waals surface area (Å²) in [7, 11) is 0. The van der Waals surface area contributed by atoms with Crippen LogP contribution in [0.1, 0.15) is 31.9 Å². The van der Waals surface area contributed by atoms with Gasteiger partial charge in [0.15, 0.2) is 16.0 Å². The fourth-order valence-electron chi connectivity index (χ4n) is 2.61. The molecular weight excluding hydrogens is 362 g/mol. The number of carbonyl (C=O) groups excluding carboxylic acids is 2. The molecule has 10 heteroatoms. The average molecular weight is 381 g/mol. The predicted octanol–water partition coefficient (Wildman–Crippen LogP) is 1.12. The van der Waals surface area contributed by atoms with Crippen molar-refractivity contribution in [3.63, 3.8) is 0 Å². The highest BCUT2D eigenvalue weighted by atomic mass is 32.1. The van der Waals surface area contributed by atoms with Crippen LogP contribution in [0.3, 0.4) is 0 Å². The number of nitrogens with zero attached hydrogens (tertiary/aromatic N) is 4. The summed E-state index contributed by atoms with van der Waals surface area (Å²) in [5.74, 6) is -0.685. The minimum Gasteiger partial charge on any atom is -0.461 e. The first-order chi connectivity index (χ1) is 12.1. The number of nitrogens with one attached hydrogen (secondary N) is 1. The van der Waals surface area contributed by atoms with Crippen LogP contribution in [0.5, 0.6) is 0 Å². The van der Waals surface area contributed by atoms with Crippen molar-refractivity contribution >= 4 is 51.4 Å². The Morgan fingerprint density at radius 1 is 1.44 bits per heavy atom. The molecule has 2 fully saturated rings.